The molecule has 0 aliphatic carbocycles. The van der Waals surface area contributed by atoms with E-state index in [2.05, 4.69) is 31.8 Å². The first-order chi connectivity index (χ1) is 20.3. The van der Waals surface area contributed by atoms with Gasteiger partial charge in [-0.3, -0.25) is 19.4 Å². The van der Waals surface area contributed by atoms with E-state index in [9.17, 15) is 14.7 Å². The van der Waals surface area contributed by atoms with Gasteiger partial charge in [0.05, 0.1) is 12.3 Å². The van der Waals surface area contributed by atoms with Crippen molar-refractivity contribution in [3.8, 4) is 22.8 Å². The number of guanidine groups is 1. The van der Waals surface area contributed by atoms with Crippen molar-refractivity contribution in [3.05, 3.63) is 96.9 Å². The summed E-state index contributed by atoms with van der Waals surface area (Å²) in [6.07, 6.45) is 6.11. The van der Waals surface area contributed by atoms with Crippen molar-refractivity contribution in [3.63, 3.8) is 0 Å². The number of aromatic nitrogens is 3. The molecule has 4 aromatic rings. The van der Waals surface area contributed by atoms with Crippen LogP contribution in [0.4, 0.5) is 11.5 Å². The van der Waals surface area contributed by atoms with Crippen molar-refractivity contribution in [2.75, 3.05) is 17.2 Å². The van der Waals surface area contributed by atoms with E-state index in [1.54, 1.807) is 29.1 Å². The van der Waals surface area contributed by atoms with Gasteiger partial charge in [0.1, 0.15) is 17.3 Å². The van der Waals surface area contributed by atoms with Gasteiger partial charge in [0, 0.05) is 41.3 Å². The van der Waals surface area contributed by atoms with E-state index in [4.69, 9.17) is 4.74 Å². The van der Waals surface area contributed by atoms with Gasteiger partial charge < -0.3 is 20.5 Å². The molecule has 0 atom stereocenters. The number of phenols is 1. The lowest BCUT2D eigenvalue weighted by Gasteiger charge is -2.14. The van der Waals surface area contributed by atoms with E-state index >= 15 is 0 Å². The summed E-state index contributed by atoms with van der Waals surface area (Å²) in [5.74, 6) is 1.74. The number of aryl methyl sites for hydroxylation is 2. The number of rotatable bonds is 9. The third-order valence-corrected chi connectivity index (χ3v) is 7.00. The molecule has 2 aromatic heterocycles. The second-order valence-corrected chi connectivity index (χ2v) is 10.1. The van der Waals surface area contributed by atoms with Crippen LogP contribution in [0.2, 0.25) is 0 Å². The molecule has 3 heterocycles. The first-order valence-electron chi connectivity index (χ1n) is 14.0. The van der Waals surface area contributed by atoms with Crippen LogP contribution in [0.25, 0.3) is 23.5 Å². The number of aromatic amines is 1. The third kappa shape index (κ3) is 6.43. The van der Waals surface area contributed by atoms with Gasteiger partial charge in [-0.15, -0.1) is 0 Å². The summed E-state index contributed by atoms with van der Waals surface area (Å²) < 4.78 is 7.45. The van der Waals surface area contributed by atoms with Crippen molar-refractivity contribution >= 4 is 29.7 Å². The Morgan fingerprint density at radius 2 is 1.90 bits per heavy atom. The van der Waals surface area contributed by atoms with Crippen LogP contribution < -0.4 is 36.9 Å². The molecule has 42 heavy (non-hydrogen) atoms. The first-order valence-corrected chi connectivity index (χ1v) is 14.0. The van der Waals surface area contributed by atoms with Gasteiger partial charge in [0.15, 0.2) is 0 Å². The Hall–Kier alpha value is -5.12. The number of nitrogens with zero attached hydrogens (tertiary/aromatic N) is 3. The Labute approximate surface area is 242 Å². The molecule has 1 aliphatic heterocycles. The second kappa shape index (κ2) is 12.6. The number of hydrogen-bond acceptors (Lipinski definition) is 8. The van der Waals surface area contributed by atoms with Crippen molar-refractivity contribution in [2.45, 2.75) is 46.6 Å². The molecule has 1 aliphatic rings. The van der Waals surface area contributed by atoms with Crippen LogP contribution in [0.1, 0.15) is 37.3 Å². The number of nitrogens with one attached hydrogen (secondary N) is 3. The number of hydrogen-bond donors (Lipinski definition) is 4. The molecule has 4 N–H and O–H groups in total. The Kier molecular flexibility index (Phi) is 8.52. The Bertz CT molecular complexity index is 1870. The number of ether oxygens (including phenoxy) is 1. The van der Waals surface area contributed by atoms with Gasteiger partial charge >= 0.3 is 0 Å². The predicted molar refractivity (Wildman–Crippen MR) is 166 cm³/mol. The quantitative estimate of drug-likeness (QED) is 0.228. The lowest BCUT2D eigenvalue weighted by atomic mass is 10.1. The fourth-order valence-electron chi connectivity index (χ4n) is 4.75. The van der Waals surface area contributed by atoms with Crippen molar-refractivity contribution < 1.29 is 9.84 Å². The summed E-state index contributed by atoms with van der Waals surface area (Å²) in [6, 6.07) is 16.0. The highest BCUT2D eigenvalue weighted by Gasteiger charge is 2.11. The highest BCUT2D eigenvalue weighted by molar-refractivity contribution is 6.05. The number of phenolic OH excluding ortho intramolecular Hbond substituents is 1. The van der Waals surface area contributed by atoms with E-state index in [1.165, 1.54) is 6.07 Å². The molecular weight excluding hydrogens is 532 g/mol. The maximum Gasteiger partial charge on any atom is 0.271 e. The largest absolute Gasteiger partial charge is 0.508 e. The molecular formula is C32H34N6O4. The standard InChI is InChI=1S/C32H34N6O4/c1-4-15-38-30(41)18-26(37-38)22-11-13-23(14-12-22)34-32-33-19-25-24(20(2)17-29(40)35-31(25)36-32)8-5-6-16-42-28-10-7-9-27(39)21(28)3/h7-14,17-19,37,39H,4-6,15-16H2,1-3H3,(H2,33,34,35,36,40). The number of H-pyrrole nitrogens is 1. The summed E-state index contributed by atoms with van der Waals surface area (Å²) in [4.78, 5) is 33.4. The third-order valence-electron chi connectivity index (χ3n) is 7.00. The van der Waals surface area contributed by atoms with Gasteiger partial charge in [-0.2, -0.15) is 4.98 Å². The fourth-order valence-corrected chi connectivity index (χ4v) is 4.75. The molecule has 0 unspecified atom stereocenters. The van der Waals surface area contributed by atoms with Crippen LogP contribution in [0.15, 0.2) is 69.2 Å². The smallest absolute Gasteiger partial charge is 0.271 e. The van der Waals surface area contributed by atoms with Crippen molar-refractivity contribution in [1.82, 2.24) is 14.8 Å². The number of aromatic hydroxyl groups is 1. The molecule has 10 heteroatoms. The zero-order valence-corrected chi connectivity index (χ0v) is 23.9. The number of benzene rings is 2. The van der Waals surface area contributed by atoms with Crippen LogP contribution in [0, 0.1) is 13.8 Å². The second-order valence-electron chi connectivity index (χ2n) is 10.1. The van der Waals surface area contributed by atoms with Crippen LogP contribution in [0.3, 0.4) is 0 Å². The minimum absolute atomic E-state index is 0.0500. The van der Waals surface area contributed by atoms with Crippen LogP contribution >= 0.6 is 0 Å². The van der Waals surface area contributed by atoms with Gasteiger partial charge in [0.25, 0.3) is 11.1 Å². The Balaban J connectivity index is 1.31. The molecule has 216 valence electrons. The maximum absolute atomic E-state index is 12.5. The Morgan fingerprint density at radius 1 is 1.10 bits per heavy atom. The minimum Gasteiger partial charge on any atom is -0.508 e. The van der Waals surface area contributed by atoms with Gasteiger partial charge in [-0.1, -0.05) is 31.2 Å². The minimum atomic E-state index is -0.346. The maximum atomic E-state index is 12.5. The fraction of sp³-hybridized carbons (Fsp3) is 0.250. The molecule has 0 fully saturated rings. The van der Waals surface area contributed by atoms with Crippen LogP contribution in [-0.2, 0) is 6.54 Å². The normalized spacial score (nSPS) is 12.6. The first kappa shape index (κ1) is 28.4. The summed E-state index contributed by atoms with van der Waals surface area (Å²) in [5, 5.41) is 21.0. The predicted octanol–water partition coefficient (Wildman–Crippen LogP) is 3.60. The number of fused-ring (bicyclic) bond motifs is 1. The summed E-state index contributed by atoms with van der Waals surface area (Å²) >= 11 is 0. The molecule has 10 nitrogen and oxygen atoms in total. The highest BCUT2D eigenvalue weighted by atomic mass is 16.5. The molecule has 0 spiro atoms. The van der Waals surface area contributed by atoms with Gasteiger partial charge in [0.2, 0.25) is 5.96 Å². The van der Waals surface area contributed by atoms with Gasteiger partial charge in [-0.25, -0.2) is 4.99 Å². The monoisotopic (exact) mass is 566 g/mol. The average Bonchev–Trinajstić information content (AvgIpc) is 3.28. The summed E-state index contributed by atoms with van der Waals surface area (Å²) in [7, 11) is 0. The number of anilines is 2. The molecule has 5 rings (SSSR count). The molecule has 0 amide bonds. The van der Waals surface area contributed by atoms with E-state index in [1.807, 2.05) is 51.1 Å². The molecule has 2 aromatic carbocycles. The summed E-state index contributed by atoms with van der Waals surface area (Å²) in [6.45, 7) is 6.86. The molecule has 0 radical (unpaired) electrons. The van der Waals surface area contributed by atoms with Gasteiger partial charge in [-0.05, 0) is 73.7 Å². The Morgan fingerprint density at radius 3 is 2.69 bits per heavy atom. The van der Waals surface area contributed by atoms with E-state index in [0.29, 0.717) is 42.7 Å². The zero-order chi connectivity index (χ0) is 29.6. The van der Waals surface area contributed by atoms with E-state index in [-0.39, 0.29) is 16.9 Å². The molecule has 0 saturated carbocycles. The van der Waals surface area contributed by atoms with Crippen molar-refractivity contribution in [2.24, 2.45) is 4.99 Å². The topological polar surface area (TPSA) is 134 Å². The number of unbranched alkanes of at least 4 members (excludes halogenated alkanes) is 1. The van der Waals surface area contributed by atoms with E-state index < -0.39 is 0 Å². The van der Waals surface area contributed by atoms with Crippen LogP contribution in [0.5, 0.6) is 11.5 Å². The average molecular weight is 567 g/mol. The summed E-state index contributed by atoms with van der Waals surface area (Å²) in [5.41, 5.74) is 3.57. The van der Waals surface area contributed by atoms with E-state index in [0.717, 1.165) is 45.8 Å². The van der Waals surface area contributed by atoms with Crippen LogP contribution in [-0.4, -0.2) is 32.4 Å². The lowest BCUT2D eigenvalue weighted by Crippen LogP contribution is -2.35. The molecule has 0 saturated heterocycles. The van der Waals surface area contributed by atoms with Crippen molar-refractivity contribution in [1.29, 1.82) is 0 Å². The highest BCUT2D eigenvalue weighted by Crippen LogP contribution is 2.26. The SMILES string of the molecule is CCCn1[nH]c(-c2ccc(NC3=NC=c4c(nc(=O)cc(C)c4=CCCCOc4cccc(O)c4C)N3)cc2)cc1=O. The lowest BCUT2D eigenvalue weighted by molar-refractivity contribution is 0.309. The zero-order valence-electron chi connectivity index (χ0n) is 23.9. The number of aliphatic imine (C=N–C) groups is 1. The molecule has 0 bridgehead atoms.